The van der Waals surface area contributed by atoms with Crippen LogP contribution in [0.5, 0.6) is 0 Å². The molecule has 0 radical (unpaired) electrons. The van der Waals surface area contributed by atoms with Gasteiger partial charge in [-0.05, 0) is 26.3 Å². The van der Waals surface area contributed by atoms with Crippen LogP contribution in [0.1, 0.15) is 31.4 Å². The van der Waals surface area contributed by atoms with Gasteiger partial charge < -0.3 is 15.1 Å². The summed E-state index contributed by atoms with van der Waals surface area (Å²) >= 11 is 0. The third-order valence-electron chi connectivity index (χ3n) is 3.61. The van der Waals surface area contributed by atoms with Gasteiger partial charge in [0, 0.05) is 25.1 Å². The van der Waals surface area contributed by atoms with Crippen molar-refractivity contribution < 1.29 is 14.4 Å². The van der Waals surface area contributed by atoms with Crippen LogP contribution in [0, 0.1) is 6.92 Å². The lowest BCUT2D eigenvalue weighted by Crippen LogP contribution is -2.44. The van der Waals surface area contributed by atoms with Gasteiger partial charge >= 0.3 is 0 Å². The van der Waals surface area contributed by atoms with Gasteiger partial charge in [0.25, 0.3) is 5.91 Å². The van der Waals surface area contributed by atoms with Crippen molar-refractivity contribution in [3.63, 3.8) is 0 Å². The van der Waals surface area contributed by atoms with Crippen molar-refractivity contribution >= 4 is 17.5 Å². The lowest BCUT2D eigenvalue weighted by atomic mass is 10.00. The Kier molecular flexibility index (Phi) is 5.36. The third-order valence-corrected chi connectivity index (χ3v) is 3.61. The van der Waals surface area contributed by atoms with Gasteiger partial charge in [-0.2, -0.15) is 0 Å². The average molecular weight is 317 g/mol. The van der Waals surface area contributed by atoms with Crippen LogP contribution in [-0.4, -0.2) is 48.2 Å². The predicted octanol–water partition coefficient (Wildman–Crippen LogP) is 1.47. The Balaban J connectivity index is 1.93. The lowest BCUT2D eigenvalue weighted by Gasteiger charge is -2.20. The molecule has 0 bridgehead atoms. The van der Waals surface area contributed by atoms with E-state index in [0.717, 1.165) is 16.8 Å². The van der Waals surface area contributed by atoms with E-state index < -0.39 is 6.10 Å². The first kappa shape index (κ1) is 17.0. The van der Waals surface area contributed by atoms with Crippen LogP contribution in [0.15, 0.2) is 29.4 Å². The summed E-state index contributed by atoms with van der Waals surface area (Å²) in [6.07, 6.45) is -0.249. The molecule has 0 fully saturated rings. The Hall–Kier alpha value is -2.37. The number of likely N-dealkylation sites (N-methyl/N-ethyl adjacent to an activating group) is 1. The number of rotatable bonds is 5. The monoisotopic (exact) mass is 317 g/mol. The summed E-state index contributed by atoms with van der Waals surface area (Å²) in [6.45, 7) is 5.76. The second-order valence-corrected chi connectivity index (χ2v) is 6.07. The summed E-state index contributed by atoms with van der Waals surface area (Å²) in [5.74, 6) is -0.426. The fraction of sp³-hybridized carbons (Fsp3) is 0.471. The largest absolute Gasteiger partial charge is 0.382 e. The molecule has 1 aliphatic rings. The molecule has 1 atom stereocenters. The van der Waals surface area contributed by atoms with E-state index in [1.165, 1.54) is 4.90 Å². The molecular weight excluding hydrogens is 294 g/mol. The smallest absolute Gasteiger partial charge is 0.267 e. The number of amides is 2. The number of benzene rings is 1. The van der Waals surface area contributed by atoms with Crippen molar-refractivity contribution in [2.24, 2.45) is 5.16 Å². The fourth-order valence-electron chi connectivity index (χ4n) is 2.47. The summed E-state index contributed by atoms with van der Waals surface area (Å²) in [6, 6.07) is 7.89. The number of aryl methyl sites for hydroxylation is 1. The molecule has 23 heavy (non-hydrogen) atoms. The summed E-state index contributed by atoms with van der Waals surface area (Å²) in [4.78, 5) is 30.8. The first-order chi connectivity index (χ1) is 10.9. The second-order valence-electron chi connectivity index (χ2n) is 6.07. The van der Waals surface area contributed by atoms with Crippen molar-refractivity contribution in [2.45, 2.75) is 39.3 Å². The molecule has 1 aromatic rings. The normalized spacial score (nSPS) is 16.7. The molecule has 0 saturated carbocycles. The van der Waals surface area contributed by atoms with Crippen molar-refractivity contribution in [3.8, 4) is 0 Å². The Labute approximate surface area is 136 Å². The number of oxime groups is 1. The molecule has 124 valence electrons. The molecule has 1 aromatic carbocycles. The van der Waals surface area contributed by atoms with E-state index in [0.29, 0.717) is 6.42 Å². The minimum absolute atomic E-state index is 0.0105. The number of hydrogen-bond acceptors (Lipinski definition) is 4. The maximum absolute atomic E-state index is 12.4. The molecule has 0 unspecified atom stereocenters. The van der Waals surface area contributed by atoms with Gasteiger partial charge in [0.2, 0.25) is 12.0 Å². The van der Waals surface area contributed by atoms with E-state index in [1.54, 1.807) is 7.05 Å². The lowest BCUT2D eigenvalue weighted by molar-refractivity contribution is -0.143. The third kappa shape index (κ3) is 4.31. The molecule has 1 aliphatic heterocycles. The Morgan fingerprint density at radius 1 is 1.39 bits per heavy atom. The van der Waals surface area contributed by atoms with Crippen molar-refractivity contribution in [2.75, 3.05) is 13.6 Å². The molecule has 0 spiro atoms. The van der Waals surface area contributed by atoms with Crippen LogP contribution >= 0.6 is 0 Å². The molecular formula is C17H23N3O3. The number of carbonyl (C=O) groups is 2. The van der Waals surface area contributed by atoms with Crippen molar-refractivity contribution in [1.82, 2.24) is 10.2 Å². The second kappa shape index (κ2) is 7.26. The van der Waals surface area contributed by atoms with E-state index in [4.69, 9.17) is 4.84 Å². The minimum Gasteiger partial charge on any atom is -0.382 e. The maximum atomic E-state index is 12.4. The first-order valence-electron chi connectivity index (χ1n) is 7.71. The number of carbonyl (C=O) groups excluding carboxylic acids is 2. The van der Waals surface area contributed by atoms with Crippen LogP contribution in [0.25, 0.3) is 0 Å². The quantitative estimate of drug-likeness (QED) is 0.894. The summed E-state index contributed by atoms with van der Waals surface area (Å²) in [7, 11) is 1.59. The SMILES string of the molecule is Cc1ccccc1C1=NO[C@H](C(=O)N(C)CC(=O)NC(C)C)C1. The van der Waals surface area contributed by atoms with Gasteiger partial charge in [-0.1, -0.05) is 29.4 Å². The Morgan fingerprint density at radius 3 is 2.74 bits per heavy atom. The standard InChI is InChI=1S/C17H23N3O3/c1-11(2)18-16(21)10-20(4)17(22)15-9-14(19-23-15)13-8-6-5-7-12(13)3/h5-8,11,15H,9-10H2,1-4H3,(H,18,21)/t15-/m0/s1. The first-order valence-corrected chi connectivity index (χ1v) is 7.71. The van der Waals surface area contributed by atoms with E-state index in [1.807, 2.05) is 45.0 Å². The minimum atomic E-state index is -0.665. The predicted molar refractivity (Wildman–Crippen MR) is 88.1 cm³/mol. The van der Waals surface area contributed by atoms with Gasteiger partial charge in [0.1, 0.15) is 0 Å². The molecule has 6 nitrogen and oxygen atoms in total. The van der Waals surface area contributed by atoms with E-state index in [9.17, 15) is 9.59 Å². The zero-order valence-electron chi connectivity index (χ0n) is 14.0. The van der Waals surface area contributed by atoms with Gasteiger partial charge in [0.05, 0.1) is 12.3 Å². The number of nitrogens with one attached hydrogen (secondary N) is 1. The van der Waals surface area contributed by atoms with Gasteiger partial charge in [0.15, 0.2) is 0 Å². The highest BCUT2D eigenvalue weighted by Crippen LogP contribution is 2.20. The molecule has 2 rings (SSSR count). The van der Waals surface area contributed by atoms with Gasteiger partial charge in [-0.3, -0.25) is 9.59 Å². The highest BCUT2D eigenvalue weighted by Gasteiger charge is 2.32. The zero-order valence-corrected chi connectivity index (χ0v) is 14.0. The van der Waals surface area contributed by atoms with Crippen LogP contribution in [0.3, 0.4) is 0 Å². The molecule has 1 heterocycles. The van der Waals surface area contributed by atoms with Crippen LogP contribution in [0.2, 0.25) is 0 Å². The molecule has 0 aromatic heterocycles. The Bertz CT molecular complexity index is 625. The van der Waals surface area contributed by atoms with Crippen molar-refractivity contribution in [1.29, 1.82) is 0 Å². The molecule has 6 heteroatoms. The zero-order chi connectivity index (χ0) is 17.0. The van der Waals surface area contributed by atoms with Crippen LogP contribution in [0.4, 0.5) is 0 Å². The van der Waals surface area contributed by atoms with E-state index in [-0.39, 0.29) is 24.4 Å². The molecule has 2 amide bonds. The van der Waals surface area contributed by atoms with Gasteiger partial charge in [-0.25, -0.2) is 0 Å². The summed E-state index contributed by atoms with van der Waals surface area (Å²) in [5.41, 5.74) is 2.84. The van der Waals surface area contributed by atoms with Crippen LogP contribution < -0.4 is 5.32 Å². The Morgan fingerprint density at radius 2 is 2.09 bits per heavy atom. The number of nitrogens with zero attached hydrogens (tertiary/aromatic N) is 2. The summed E-state index contributed by atoms with van der Waals surface area (Å²) in [5, 5.41) is 6.81. The number of hydrogen-bond donors (Lipinski definition) is 1. The molecule has 0 saturated heterocycles. The van der Waals surface area contributed by atoms with E-state index >= 15 is 0 Å². The summed E-state index contributed by atoms with van der Waals surface area (Å²) < 4.78 is 0. The maximum Gasteiger partial charge on any atom is 0.267 e. The average Bonchev–Trinajstić information content (AvgIpc) is 2.95. The highest BCUT2D eigenvalue weighted by atomic mass is 16.6. The topological polar surface area (TPSA) is 71.0 Å². The molecule has 0 aliphatic carbocycles. The van der Waals surface area contributed by atoms with Crippen LogP contribution in [-0.2, 0) is 14.4 Å². The van der Waals surface area contributed by atoms with Gasteiger partial charge in [-0.15, -0.1) is 0 Å². The highest BCUT2D eigenvalue weighted by molar-refractivity contribution is 6.05. The fourth-order valence-corrected chi connectivity index (χ4v) is 2.47. The molecule has 1 N–H and O–H groups in total. The van der Waals surface area contributed by atoms with E-state index in [2.05, 4.69) is 10.5 Å². The van der Waals surface area contributed by atoms with Crippen molar-refractivity contribution in [3.05, 3.63) is 35.4 Å².